The Bertz CT molecular complexity index is 218. The van der Waals surface area contributed by atoms with Crippen LogP contribution in [-0.2, 0) is 4.79 Å². The molecule has 17 heavy (non-hydrogen) atoms. The Labute approximate surface area is 106 Å². The van der Waals surface area contributed by atoms with Crippen molar-refractivity contribution in [1.29, 1.82) is 0 Å². The normalized spacial score (nSPS) is 21.4. The van der Waals surface area contributed by atoms with Crippen LogP contribution in [0.2, 0.25) is 0 Å². The monoisotopic (exact) mass is 240 g/mol. The number of nitrogens with one attached hydrogen (secondary N) is 1. The van der Waals surface area contributed by atoms with Crippen molar-refractivity contribution in [2.45, 2.75) is 64.8 Å². The second kappa shape index (κ2) is 8.51. The number of hydrogen-bond acceptors (Lipinski definition) is 2. The molecule has 1 amide bonds. The minimum absolute atomic E-state index is 0.221. The standard InChI is InChI=1S/C14H28N2O/c1-3-4-9-14(17)15-10-7-12-16-11-6-5-8-13(16)2/h13H,3-12H2,1-2H3,(H,15,17). The van der Waals surface area contributed by atoms with Gasteiger partial charge >= 0.3 is 0 Å². The van der Waals surface area contributed by atoms with E-state index in [9.17, 15) is 4.79 Å². The molecule has 0 aromatic heterocycles. The van der Waals surface area contributed by atoms with E-state index < -0.39 is 0 Å². The topological polar surface area (TPSA) is 32.3 Å². The van der Waals surface area contributed by atoms with E-state index in [1.54, 1.807) is 0 Å². The summed E-state index contributed by atoms with van der Waals surface area (Å²) in [6.45, 7) is 7.65. The Morgan fingerprint density at radius 3 is 2.88 bits per heavy atom. The van der Waals surface area contributed by atoms with Crippen LogP contribution < -0.4 is 5.32 Å². The Morgan fingerprint density at radius 2 is 2.18 bits per heavy atom. The van der Waals surface area contributed by atoms with Gasteiger partial charge in [0.25, 0.3) is 0 Å². The number of unbranched alkanes of at least 4 members (excludes halogenated alkanes) is 1. The maximum Gasteiger partial charge on any atom is 0.219 e. The van der Waals surface area contributed by atoms with Gasteiger partial charge in [-0.25, -0.2) is 0 Å². The van der Waals surface area contributed by atoms with Crippen LogP contribution in [0.15, 0.2) is 0 Å². The van der Waals surface area contributed by atoms with Gasteiger partial charge in [0.15, 0.2) is 0 Å². The molecule has 0 aromatic rings. The first-order chi connectivity index (χ1) is 8.24. The average molecular weight is 240 g/mol. The van der Waals surface area contributed by atoms with Gasteiger partial charge in [-0.1, -0.05) is 19.8 Å². The molecule has 1 saturated heterocycles. The zero-order valence-corrected chi connectivity index (χ0v) is 11.5. The maximum absolute atomic E-state index is 11.4. The zero-order valence-electron chi connectivity index (χ0n) is 11.5. The van der Waals surface area contributed by atoms with Crippen LogP contribution in [0.3, 0.4) is 0 Å². The van der Waals surface area contributed by atoms with Crippen molar-refractivity contribution in [3.63, 3.8) is 0 Å². The van der Waals surface area contributed by atoms with Crippen LogP contribution in [0, 0.1) is 0 Å². The summed E-state index contributed by atoms with van der Waals surface area (Å²) in [7, 11) is 0. The molecule has 3 nitrogen and oxygen atoms in total. The van der Waals surface area contributed by atoms with Gasteiger partial charge in [-0.05, 0) is 39.2 Å². The Balaban J connectivity index is 2.01. The van der Waals surface area contributed by atoms with Crippen molar-refractivity contribution < 1.29 is 4.79 Å². The SMILES string of the molecule is CCCCC(=O)NCCCN1CCCCC1C. The van der Waals surface area contributed by atoms with Gasteiger partial charge in [-0.2, -0.15) is 0 Å². The van der Waals surface area contributed by atoms with E-state index >= 15 is 0 Å². The van der Waals surface area contributed by atoms with Gasteiger partial charge < -0.3 is 10.2 Å². The molecular weight excluding hydrogens is 212 g/mol. The van der Waals surface area contributed by atoms with E-state index in [0.29, 0.717) is 6.42 Å². The molecule has 1 aliphatic heterocycles. The number of carbonyl (C=O) groups excluding carboxylic acids is 1. The molecule has 1 fully saturated rings. The van der Waals surface area contributed by atoms with Crippen molar-refractivity contribution in [1.82, 2.24) is 10.2 Å². The summed E-state index contributed by atoms with van der Waals surface area (Å²) < 4.78 is 0. The third-order valence-electron chi connectivity index (χ3n) is 3.64. The third kappa shape index (κ3) is 6.06. The molecule has 1 heterocycles. The number of amides is 1. The zero-order chi connectivity index (χ0) is 12.5. The first-order valence-corrected chi connectivity index (χ1v) is 7.24. The molecular formula is C14H28N2O. The molecule has 3 heteroatoms. The van der Waals surface area contributed by atoms with Gasteiger partial charge in [0.1, 0.15) is 0 Å². The fourth-order valence-electron chi connectivity index (χ4n) is 2.43. The summed E-state index contributed by atoms with van der Waals surface area (Å²) in [4.78, 5) is 13.9. The van der Waals surface area contributed by atoms with Gasteiger partial charge in [0.05, 0.1) is 0 Å². The smallest absolute Gasteiger partial charge is 0.219 e. The summed E-state index contributed by atoms with van der Waals surface area (Å²) in [6, 6.07) is 0.736. The number of nitrogens with zero attached hydrogens (tertiary/aromatic N) is 1. The van der Waals surface area contributed by atoms with Gasteiger partial charge in [0, 0.05) is 25.6 Å². The molecule has 1 aliphatic rings. The number of hydrogen-bond donors (Lipinski definition) is 1. The summed E-state index contributed by atoms with van der Waals surface area (Å²) in [5.74, 6) is 0.221. The van der Waals surface area contributed by atoms with Crippen molar-refractivity contribution in [3.05, 3.63) is 0 Å². The molecule has 1 N–H and O–H groups in total. The van der Waals surface area contributed by atoms with E-state index in [0.717, 1.165) is 38.4 Å². The highest BCUT2D eigenvalue weighted by atomic mass is 16.1. The Hall–Kier alpha value is -0.570. The average Bonchev–Trinajstić information content (AvgIpc) is 2.34. The summed E-state index contributed by atoms with van der Waals surface area (Å²) >= 11 is 0. The molecule has 0 saturated carbocycles. The lowest BCUT2D eigenvalue weighted by Crippen LogP contribution is -2.39. The first kappa shape index (κ1) is 14.5. The van der Waals surface area contributed by atoms with E-state index in [-0.39, 0.29) is 5.91 Å². The van der Waals surface area contributed by atoms with E-state index in [1.165, 1.54) is 25.8 Å². The molecule has 1 rings (SSSR count). The van der Waals surface area contributed by atoms with Crippen molar-refractivity contribution in [2.24, 2.45) is 0 Å². The minimum atomic E-state index is 0.221. The maximum atomic E-state index is 11.4. The molecule has 1 unspecified atom stereocenters. The summed E-state index contributed by atoms with van der Waals surface area (Å²) in [5.41, 5.74) is 0. The summed E-state index contributed by atoms with van der Waals surface area (Å²) in [6.07, 6.45) is 7.94. The van der Waals surface area contributed by atoms with Crippen LogP contribution in [-0.4, -0.2) is 36.5 Å². The van der Waals surface area contributed by atoms with Crippen molar-refractivity contribution in [3.8, 4) is 0 Å². The molecule has 0 bridgehead atoms. The Kier molecular flexibility index (Phi) is 7.25. The van der Waals surface area contributed by atoms with Gasteiger partial charge in [-0.15, -0.1) is 0 Å². The molecule has 0 aliphatic carbocycles. The van der Waals surface area contributed by atoms with Crippen LogP contribution in [0.1, 0.15) is 58.8 Å². The predicted octanol–water partition coefficient (Wildman–Crippen LogP) is 2.56. The highest BCUT2D eigenvalue weighted by Gasteiger charge is 2.16. The van der Waals surface area contributed by atoms with Crippen LogP contribution in [0.5, 0.6) is 0 Å². The van der Waals surface area contributed by atoms with E-state index in [1.807, 2.05) is 0 Å². The third-order valence-corrected chi connectivity index (χ3v) is 3.64. The predicted molar refractivity (Wildman–Crippen MR) is 72.0 cm³/mol. The molecule has 0 spiro atoms. The first-order valence-electron chi connectivity index (χ1n) is 7.24. The minimum Gasteiger partial charge on any atom is -0.356 e. The molecule has 1 atom stereocenters. The van der Waals surface area contributed by atoms with Crippen molar-refractivity contribution >= 4 is 5.91 Å². The lowest BCUT2D eigenvalue weighted by atomic mass is 10.0. The van der Waals surface area contributed by atoms with Gasteiger partial charge in [0.2, 0.25) is 5.91 Å². The second-order valence-corrected chi connectivity index (χ2v) is 5.19. The Morgan fingerprint density at radius 1 is 1.35 bits per heavy atom. The van der Waals surface area contributed by atoms with Crippen LogP contribution in [0.25, 0.3) is 0 Å². The number of likely N-dealkylation sites (tertiary alicyclic amines) is 1. The van der Waals surface area contributed by atoms with Gasteiger partial charge in [-0.3, -0.25) is 4.79 Å². The van der Waals surface area contributed by atoms with E-state index in [4.69, 9.17) is 0 Å². The summed E-state index contributed by atoms with van der Waals surface area (Å²) in [5, 5.41) is 3.01. The molecule has 100 valence electrons. The highest BCUT2D eigenvalue weighted by Crippen LogP contribution is 2.15. The molecule has 0 aromatic carbocycles. The number of piperidine rings is 1. The quantitative estimate of drug-likeness (QED) is 0.694. The fourth-order valence-corrected chi connectivity index (χ4v) is 2.43. The number of carbonyl (C=O) groups is 1. The second-order valence-electron chi connectivity index (χ2n) is 5.19. The van der Waals surface area contributed by atoms with Crippen LogP contribution >= 0.6 is 0 Å². The highest BCUT2D eigenvalue weighted by molar-refractivity contribution is 5.75. The fraction of sp³-hybridized carbons (Fsp3) is 0.929. The lowest BCUT2D eigenvalue weighted by molar-refractivity contribution is -0.121. The largest absolute Gasteiger partial charge is 0.356 e. The van der Waals surface area contributed by atoms with Crippen LogP contribution in [0.4, 0.5) is 0 Å². The van der Waals surface area contributed by atoms with Crippen molar-refractivity contribution in [2.75, 3.05) is 19.6 Å². The van der Waals surface area contributed by atoms with E-state index in [2.05, 4.69) is 24.1 Å². The molecule has 0 radical (unpaired) electrons. The number of rotatable bonds is 7. The lowest BCUT2D eigenvalue weighted by Gasteiger charge is -2.33.